The van der Waals surface area contributed by atoms with Crippen molar-refractivity contribution in [3.8, 4) is 0 Å². The molecule has 2 heterocycles. The van der Waals surface area contributed by atoms with Gasteiger partial charge in [-0.15, -0.1) is 0 Å². The number of rotatable bonds is 8. The minimum atomic E-state index is -0.988. The van der Waals surface area contributed by atoms with Crippen molar-refractivity contribution in [3.05, 3.63) is 199 Å². The van der Waals surface area contributed by atoms with E-state index in [4.69, 9.17) is 27.9 Å². The molecule has 0 fully saturated rings. The number of fused-ring (bicyclic) bond motifs is 2. The SMILES string of the molecule is COC(=O)c1cc(Cl)ccc1Cc1ccc2c(c1)CCN2C(=O)c1ccccc1.O=C(O)c1cc(Cl)ccc1Cc1ccc2c(c1)CCN2C(=O)c1ccccc1. The first-order valence-corrected chi connectivity index (χ1v) is 19.2. The smallest absolute Gasteiger partial charge is 0.338 e. The van der Waals surface area contributed by atoms with E-state index in [1.165, 1.54) is 13.2 Å². The van der Waals surface area contributed by atoms with E-state index in [-0.39, 0.29) is 17.4 Å². The molecule has 8 nitrogen and oxygen atoms in total. The largest absolute Gasteiger partial charge is 0.478 e. The number of carboxylic acids is 1. The Kier molecular flexibility index (Phi) is 11.8. The Morgan fingerprint density at radius 1 is 0.579 bits per heavy atom. The molecule has 0 bridgehead atoms. The lowest BCUT2D eigenvalue weighted by Crippen LogP contribution is -2.28. The highest BCUT2D eigenvalue weighted by molar-refractivity contribution is 6.31. The van der Waals surface area contributed by atoms with Crippen LogP contribution in [0, 0.1) is 0 Å². The summed E-state index contributed by atoms with van der Waals surface area (Å²) in [6, 6.07) is 40.9. The van der Waals surface area contributed by atoms with E-state index in [2.05, 4.69) is 12.1 Å². The van der Waals surface area contributed by atoms with Gasteiger partial charge in [-0.25, -0.2) is 9.59 Å². The number of carbonyl (C=O) groups is 4. The van der Waals surface area contributed by atoms with E-state index in [0.29, 0.717) is 58.2 Å². The molecule has 0 saturated carbocycles. The zero-order valence-corrected chi connectivity index (χ0v) is 32.6. The second kappa shape index (κ2) is 17.3. The van der Waals surface area contributed by atoms with Gasteiger partial charge in [-0.1, -0.05) is 96.0 Å². The third-order valence-corrected chi connectivity index (χ3v) is 10.6. The molecule has 1 N–H and O–H groups in total. The number of halogens is 2. The highest BCUT2D eigenvalue weighted by atomic mass is 35.5. The summed E-state index contributed by atoms with van der Waals surface area (Å²) in [7, 11) is 1.36. The van der Waals surface area contributed by atoms with Gasteiger partial charge in [-0.2, -0.15) is 0 Å². The summed E-state index contributed by atoms with van der Waals surface area (Å²) in [6.07, 6.45) is 2.68. The molecule has 10 heteroatoms. The van der Waals surface area contributed by atoms with Crippen molar-refractivity contribution in [2.45, 2.75) is 25.7 Å². The second-order valence-corrected chi connectivity index (χ2v) is 14.7. The predicted molar refractivity (Wildman–Crippen MR) is 223 cm³/mol. The van der Waals surface area contributed by atoms with E-state index in [9.17, 15) is 24.3 Å². The molecular formula is C47H38Cl2N2O6. The lowest BCUT2D eigenvalue weighted by atomic mass is 9.98. The van der Waals surface area contributed by atoms with Crippen molar-refractivity contribution in [2.75, 3.05) is 30.0 Å². The molecule has 2 aliphatic rings. The molecule has 0 radical (unpaired) electrons. The molecule has 0 saturated heterocycles. The number of carboxylic acid groups (broad SMARTS) is 1. The highest BCUT2D eigenvalue weighted by Gasteiger charge is 2.27. The highest BCUT2D eigenvalue weighted by Crippen LogP contribution is 2.33. The summed E-state index contributed by atoms with van der Waals surface area (Å²) >= 11 is 12.0. The Morgan fingerprint density at radius 3 is 1.46 bits per heavy atom. The summed E-state index contributed by atoms with van der Waals surface area (Å²) in [4.78, 5) is 52.8. The Morgan fingerprint density at radius 2 is 1.02 bits per heavy atom. The van der Waals surface area contributed by atoms with Crippen LogP contribution in [0.5, 0.6) is 0 Å². The first-order chi connectivity index (χ1) is 27.6. The van der Waals surface area contributed by atoms with Crippen LogP contribution < -0.4 is 9.80 Å². The molecule has 0 spiro atoms. The molecule has 0 aliphatic carbocycles. The Bertz CT molecular complexity index is 2490. The molecular weight excluding hydrogens is 759 g/mol. The van der Waals surface area contributed by atoms with E-state index >= 15 is 0 Å². The number of methoxy groups -OCH3 is 1. The lowest BCUT2D eigenvalue weighted by molar-refractivity contribution is 0.0598. The molecule has 0 unspecified atom stereocenters. The third-order valence-electron chi connectivity index (χ3n) is 10.2. The molecule has 2 amide bonds. The zero-order valence-electron chi connectivity index (χ0n) is 31.1. The van der Waals surface area contributed by atoms with Crippen molar-refractivity contribution in [1.29, 1.82) is 0 Å². The quantitative estimate of drug-likeness (QED) is 0.154. The molecule has 6 aromatic carbocycles. The number of hydrogen-bond donors (Lipinski definition) is 1. The summed E-state index contributed by atoms with van der Waals surface area (Å²) in [6.45, 7) is 1.31. The van der Waals surface area contributed by atoms with Crippen molar-refractivity contribution in [1.82, 2.24) is 0 Å². The fourth-order valence-electron chi connectivity index (χ4n) is 7.37. The fraction of sp³-hybridized carbons (Fsp3) is 0.149. The number of hydrogen-bond acceptors (Lipinski definition) is 5. The van der Waals surface area contributed by atoms with Crippen LogP contribution >= 0.6 is 23.2 Å². The van der Waals surface area contributed by atoms with Crippen LogP contribution in [0.2, 0.25) is 10.0 Å². The van der Waals surface area contributed by atoms with Gasteiger partial charge in [0.1, 0.15) is 0 Å². The van der Waals surface area contributed by atoms with Gasteiger partial charge in [0, 0.05) is 45.6 Å². The van der Waals surface area contributed by atoms with Gasteiger partial charge < -0.3 is 19.6 Å². The summed E-state index contributed by atoms with van der Waals surface area (Å²) in [5.41, 5.74) is 9.83. The molecule has 8 rings (SSSR count). The first-order valence-electron chi connectivity index (χ1n) is 18.5. The van der Waals surface area contributed by atoms with Gasteiger partial charge in [-0.05, 0) is 120 Å². The van der Waals surface area contributed by atoms with Gasteiger partial charge in [0.25, 0.3) is 11.8 Å². The zero-order chi connectivity index (χ0) is 40.1. The Balaban J connectivity index is 0.000000174. The van der Waals surface area contributed by atoms with Crippen LogP contribution in [0.4, 0.5) is 11.4 Å². The number of amides is 2. The summed E-state index contributed by atoms with van der Waals surface area (Å²) in [5.74, 6) is -1.37. The number of aromatic carboxylic acids is 1. The fourth-order valence-corrected chi connectivity index (χ4v) is 7.71. The van der Waals surface area contributed by atoms with E-state index in [0.717, 1.165) is 52.0 Å². The number of esters is 1. The third kappa shape index (κ3) is 8.78. The maximum absolute atomic E-state index is 12.8. The van der Waals surface area contributed by atoms with Crippen LogP contribution in [0.25, 0.3) is 0 Å². The molecule has 0 aromatic heterocycles. The minimum absolute atomic E-state index is 0.00188. The number of anilines is 2. The maximum Gasteiger partial charge on any atom is 0.338 e. The Hall–Kier alpha value is -6.22. The van der Waals surface area contributed by atoms with Crippen LogP contribution in [0.15, 0.2) is 133 Å². The summed E-state index contributed by atoms with van der Waals surface area (Å²) < 4.78 is 4.88. The average Bonchev–Trinajstić information content (AvgIpc) is 3.86. The van der Waals surface area contributed by atoms with Gasteiger partial charge >= 0.3 is 11.9 Å². The first kappa shape index (κ1) is 39.0. The monoisotopic (exact) mass is 796 g/mol. The second-order valence-electron chi connectivity index (χ2n) is 13.8. The van der Waals surface area contributed by atoms with Gasteiger partial charge in [0.05, 0.1) is 18.2 Å². The number of carbonyl (C=O) groups excluding carboxylic acids is 3. The molecule has 57 heavy (non-hydrogen) atoms. The van der Waals surface area contributed by atoms with Crippen molar-refractivity contribution in [3.63, 3.8) is 0 Å². The summed E-state index contributed by atoms with van der Waals surface area (Å²) in [5, 5.41) is 10.3. The van der Waals surface area contributed by atoms with E-state index in [1.807, 2.05) is 95.9 Å². The predicted octanol–water partition coefficient (Wildman–Crippen LogP) is 9.75. The number of benzene rings is 6. The van der Waals surface area contributed by atoms with Gasteiger partial charge in [0.15, 0.2) is 0 Å². The molecule has 286 valence electrons. The van der Waals surface area contributed by atoms with Crippen molar-refractivity contribution >= 4 is 58.3 Å². The van der Waals surface area contributed by atoms with Crippen LogP contribution in [-0.2, 0) is 30.4 Å². The molecule has 0 atom stereocenters. The van der Waals surface area contributed by atoms with E-state index in [1.54, 1.807) is 29.2 Å². The van der Waals surface area contributed by atoms with Gasteiger partial charge in [-0.3, -0.25) is 9.59 Å². The lowest BCUT2D eigenvalue weighted by Gasteiger charge is -2.18. The van der Waals surface area contributed by atoms with Crippen molar-refractivity contribution < 1.29 is 29.0 Å². The van der Waals surface area contributed by atoms with Crippen LogP contribution in [-0.4, -0.2) is 49.1 Å². The normalized spacial score (nSPS) is 12.6. The standard InChI is InChI=1S/C24H20ClNO3.C23H18ClNO3/c1-29-24(28)21-15-20(25)9-8-18(21)13-16-7-10-22-19(14-16)11-12-26(22)23(27)17-5-3-2-4-6-17;24-19-8-7-17(20(14-19)23(27)28)12-15-6-9-21-18(13-15)10-11-25(21)22(26)16-4-2-1-3-5-16/h2-10,14-15H,11-13H2,1H3;1-9,13-14H,10-12H2,(H,27,28). The molecule has 2 aliphatic heterocycles. The minimum Gasteiger partial charge on any atom is -0.478 e. The average molecular weight is 798 g/mol. The van der Waals surface area contributed by atoms with Crippen LogP contribution in [0.3, 0.4) is 0 Å². The molecule has 6 aromatic rings. The van der Waals surface area contributed by atoms with Crippen molar-refractivity contribution in [2.24, 2.45) is 0 Å². The number of nitrogens with zero attached hydrogens (tertiary/aromatic N) is 2. The topological polar surface area (TPSA) is 104 Å². The number of ether oxygens (including phenoxy) is 1. The van der Waals surface area contributed by atoms with Crippen LogP contribution in [0.1, 0.15) is 74.8 Å². The van der Waals surface area contributed by atoms with E-state index < -0.39 is 11.9 Å². The maximum atomic E-state index is 12.8. The van der Waals surface area contributed by atoms with Gasteiger partial charge in [0.2, 0.25) is 0 Å². The Labute approximate surface area is 340 Å².